The molecule has 0 saturated heterocycles. The van der Waals surface area contributed by atoms with Gasteiger partial charge in [-0.1, -0.05) is 36.4 Å². The van der Waals surface area contributed by atoms with Crippen molar-refractivity contribution in [2.75, 3.05) is 18.5 Å². The molecule has 0 atom stereocenters. The molecule has 0 aliphatic heterocycles. The van der Waals surface area contributed by atoms with Crippen LogP contribution in [-0.2, 0) is 6.42 Å². The first-order valence-corrected chi connectivity index (χ1v) is 6.72. The van der Waals surface area contributed by atoms with Gasteiger partial charge in [-0.05, 0) is 37.1 Å². The molecule has 108 valence electrons. The summed E-state index contributed by atoms with van der Waals surface area (Å²) in [6.07, 6.45) is 8.26. The van der Waals surface area contributed by atoms with Crippen molar-refractivity contribution < 1.29 is 10.2 Å². The van der Waals surface area contributed by atoms with Gasteiger partial charge >= 0.3 is 0 Å². The number of anilines is 1. The van der Waals surface area contributed by atoms with Crippen molar-refractivity contribution in [3.05, 3.63) is 66.4 Å². The zero-order chi connectivity index (χ0) is 14.8. The number of aliphatic hydroxyl groups excluding tert-OH is 2. The summed E-state index contributed by atoms with van der Waals surface area (Å²) in [5.74, 6) is -0.0827. The Morgan fingerprint density at radius 1 is 1.25 bits per heavy atom. The lowest BCUT2D eigenvalue weighted by Gasteiger charge is -2.11. The molecule has 0 saturated carbocycles. The van der Waals surface area contributed by atoms with Crippen molar-refractivity contribution in [1.82, 2.24) is 0 Å². The van der Waals surface area contributed by atoms with Crippen LogP contribution in [0, 0.1) is 5.92 Å². The Balaban J connectivity index is 2.52. The quantitative estimate of drug-likeness (QED) is 0.638. The summed E-state index contributed by atoms with van der Waals surface area (Å²) >= 11 is 0. The van der Waals surface area contributed by atoms with Crippen molar-refractivity contribution in [3.8, 4) is 0 Å². The molecular weight excluding hydrogens is 250 g/mol. The Hall–Kier alpha value is -1.84. The fraction of sp³-hybridized carbons (Fsp3) is 0.294. The summed E-state index contributed by atoms with van der Waals surface area (Å²) in [6, 6.07) is 7.96. The van der Waals surface area contributed by atoms with E-state index in [1.165, 1.54) is 0 Å². The summed E-state index contributed by atoms with van der Waals surface area (Å²) in [4.78, 5) is 0. The van der Waals surface area contributed by atoms with Gasteiger partial charge in [0.1, 0.15) is 0 Å². The molecule has 0 aliphatic carbocycles. The standard InChI is InChI=1S/C17H23NO2/c1-3-14(2)5-4-10-18-17-8-6-15(7-9-17)11-16(12-19)13-20/h3-10,16,18-20H,1,11-13H2,2H3/b10-4+,14-5-. The molecule has 20 heavy (non-hydrogen) atoms. The van der Waals surface area contributed by atoms with Crippen LogP contribution in [-0.4, -0.2) is 23.4 Å². The van der Waals surface area contributed by atoms with E-state index in [1.807, 2.05) is 49.5 Å². The molecule has 0 fully saturated rings. The van der Waals surface area contributed by atoms with Crippen LogP contribution in [0.4, 0.5) is 5.69 Å². The van der Waals surface area contributed by atoms with E-state index in [1.54, 1.807) is 6.08 Å². The van der Waals surface area contributed by atoms with E-state index in [0.717, 1.165) is 16.8 Å². The van der Waals surface area contributed by atoms with Gasteiger partial charge in [-0.15, -0.1) is 0 Å². The molecule has 3 N–H and O–H groups in total. The molecular formula is C17H23NO2. The molecule has 0 aromatic heterocycles. The topological polar surface area (TPSA) is 52.5 Å². The lowest BCUT2D eigenvalue weighted by atomic mass is 10.0. The van der Waals surface area contributed by atoms with Gasteiger partial charge < -0.3 is 15.5 Å². The Kier molecular flexibility index (Phi) is 7.40. The summed E-state index contributed by atoms with van der Waals surface area (Å²) in [5.41, 5.74) is 3.21. The first kappa shape index (κ1) is 16.2. The number of hydrogen-bond acceptors (Lipinski definition) is 3. The summed E-state index contributed by atoms with van der Waals surface area (Å²) in [7, 11) is 0. The van der Waals surface area contributed by atoms with Crippen LogP contribution in [0.5, 0.6) is 0 Å². The number of benzene rings is 1. The highest BCUT2D eigenvalue weighted by Crippen LogP contribution is 2.13. The average molecular weight is 273 g/mol. The van der Waals surface area contributed by atoms with Crippen molar-refractivity contribution in [2.24, 2.45) is 5.92 Å². The summed E-state index contributed by atoms with van der Waals surface area (Å²) in [5, 5.41) is 21.3. The minimum absolute atomic E-state index is 0.00816. The summed E-state index contributed by atoms with van der Waals surface area (Å²) < 4.78 is 0. The first-order valence-electron chi connectivity index (χ1n) is 6.72. The SMILES string of the molecule is C=C/C(C)=C\C=C\Nc1ccc(CC(CO)CO)cc1. The fourth-order valence-corrected chi connectivity index (χ4v) is 1.67. The van der Waals surface area contributed by atoms with E-state index < -0.39 is 0 Å². The molecule has 1 aromatic carbocycles. The van der Waals surface area contributed by atoms with Crippen LogP contribution >= 0.6 is 0 Å². The number of aliphatic hydroxyl groups is 2. The Bertz CT molecular complexity index is 456. The van der Waals surface area contributed by atoms with E-state index in [4.69, 9.17) is 10.2 Å². The van der Waals surface area contributed by atoms with Crippen molar-refractivity contribution in [3.63, 3.8) is 0 Å². The maximum absolute atomic E-state index is 9.06. The maximum atomic E-state index is 9.06. The van der Waals surface area contributed by atoms with E-state index in [-0.39, 0.29) is 19.1 Å². The molecule has 1 aromatic rings. The van der Waals surface area contributed by atoms with Gasteiger partial charge in [-0.25, -0.2) is 0 Å². The second kappa shape index (κ2) is 9.13. The Labute approximate surface area is 121 Å². The van der Waals surface area contributed by atoms with Crippen LogP contribution in [0.15, 0.2) is 60.8 Å². The summed E-state index contributed by atoms with van der Waals surface area (Å²) in [6.45, 7) is 5.69. The number of nitrogens with one attached hydrogen (secondary N) is 1. The zero-order valence-corrected chi connectivity index (χ0v) is 11.9. The van der Waals surface area contributed by atoms with Gasteiger partial charge in [0, 0.05) is 31.0 Å². The average Bonchev–Trinajstić information content (AvgIpc) is 2.50. The molecule has 0 aliphatic rings. The third-order valence-electron chi connectivity index (χ3n) is 3.02. The normalized spacial score (nSPS) is 12.1. The van der Waals surface area contributed by atoms with Crippen molar-refractivity contribution in [1.29, 1.82) is 0 Å². The predicted molar refractivity (Wildman–Crippen MR) is 84.5 cm³/mol. The molecule has 3 heteroatoms. The highest BCUT2D eigenvalue weighted by Gasteiger charge is 2.06. The van der Waals surface area contributed by atoms with E-state index in [0.29, 0.717) is 6.42 Å². The largest absolute Gasteiger partial charge is 0.396 e. The third-order valence-corrected chi connectivity index (χ3v) is 3.02. The number of allylic oxidation sites excluding steroid dienone is 4. The smallest absolute Gasteiger partial charge is 0.0484 e. The molecule has 0 spiro atoms. The zero-order valence-electron chi connectivity index (χ0n) is 11.9. The number of hydrogen-bond donors (Lipinski definition) is 3. The van der Waals surface area contributed by atoms with Crippen LogP contribution in [0.1, 0.15) is 12.5 Å². The second-order valence-corrected chi connectivity index (χ2v) is 4.75. The predicted octanol–water partition coefficient (Wildman–Crippen LogP) is 2.89. The maximum Gasteiger partial charge on any atom is 0.0484 e. The van der Waals surface area contributed by atoms with Gasteiger partial charge in [-0.3, -0.25) is 0 Å². The molecule has 0 unspecified atom stereocenters. The van der Waals surface area contributed by atoms with Gasteiger partial charge in [0.2, 0.25) is 0 Å². The van der Waals surface area contributed by atoms with Crippen molar-refractivity contribution in [2.45, 2.75) is 13.3 Å². The highest BCUT2D eigenvalue weighted by atomic mass is 16.3. The first-order chi connectivity index (χ1) is 9.69. The molecule has 0 radical (unpaired) electrons. The van der Waals surface area contributed by atoms with Crippen molar-refractivity contribution >= 4 is 5.69 Å². The van der Waals surface area contributed by atoms with Gasteiger partial charge in [-0.2, -0.15) is 0 Å². The third kappa shape index (κ3) is 5.87. The van der Waals surface area contributed by atoms with E-state index in [2.05, 4.69) is 11.9 Å². The van der Waals surface area contributed by atoms with E-state index in [9.17, 15) is 0 Å². The lowest BCUT2D eigenvalue weighted by molar-refractivity contribution is 0.150. The van der Waals surface area contributed by atoms with Crippen LogP contribution in [0.2, 0.25) is 0 Å². The monoisotopic (exact) mass is 273 g/mol. The molecule has 1 rings (SSSR count). The molecule has 0 bridgehead atoms. The molecule has 3 nitrogen and oxygen atoms in total. The minimum Gasteiger partial charge on any atom is -0.396 e. The van der Waals surface area contributed by atoms with Crippen LogP contribution in [0.3, 0.4) is 0 Å². The highest BCUT2D eigenvalue weighted by molar-refractivity contribution is 5.47. The van der Waals surface area contributed by atoms with Crippen LogP contribution in [0.25, 0.3) is 0 Å². The van der Waals surface area contributed by atoms with Gasteiger partial charge in [0.25, 0.3) is 0 Å². The number of rotatable bonds is 8. The Morgan fingerprint density at radius 2 is 1.90 bits per heavy atom. The molecule has 0 amide bonds. The van der Waals surface area contributed by atoms with E-state index >= 15 is 0 Å². The fourth-order valence-electron chi connectivity index (χ4n) is 1.67. The lowest BCUT2D eigenvalue weighted by Crippen LogP contribution is -2.13. The van der Waals surface area contributed by atoms with Crippen LogP contribution < -0.4 is 5.32 Å². The minimum atomic E-state index is -0.0827. The molecule has 0 heterocycles. The van der Waals surface area contributed by atoms with Gasteiger partial charge in [0.15, 0.2) is 0 Å². The second-order valence-electron chi connectivity index (χ2n) is 4.75. The van der Waals surface area contributed by atoms with Gasteiger partial charge in [0.05, 0.1) is 0 Å². The Morgan fingerprint density at radius 3 is 2.45 bits per heavy atom.